The van der Waals surface area contributed by atoms with Gasteiger partial charge in [0, 0.05) is 11.0 Å². The van der Waals surface area contributed by atoms with Crippen molar-refractivity contribution in [2.24, 2.45) is 0 Å². The summed E-state index contributed by atoms with van der Waals surface area (Å²) in [6.07, 6.45) is 2.52. The average molecular weight is 376 g/mol. The summed E-state index contributed by atoms with van der Waals surface area (Å²) in [4.78, 5) is 27.6. The van der Waals surface area contributed by atoms with Crippen LogP contribution in [0.3, 0.4) is 0 Å². The van der Waals surface area contributed by atoms with Crippen LogP contribution < -0.4 is 10.6 Å². The van der Waals surface area contributed by atoms with E-state index in [9.17, 15) is 9.59 Å². The van der Waals surface area contributed by atoms with E-state index in [0.717, 1.165) is 10.6 Å². The summed E-state index contributed by atoms with van der Waals surface area (Å²) >= 11 is 1.57. The number of nitrogens with one attached hydrogen (secondary N) is 2. The standard InChI is InChI=1S/C18H24N4O3S/c1-5-14(18(24)20-16-10-12(2)25-21-16)22(3)11-17(23)19-13-8-6-7-9-15(13)26-4/h6-10,14H,5,11H2,1-4H3,(H,19,23)(H,20,21,24). The van der Waals surface area contributed by atoms with Gasteiger partial charge in [-0.15, -0.1) is 11.8 Å². The van der Waals surface area contributed by atoms with Crippen molar-refractivity contribution in [1.82, 2.24) is 10.1 Å². The predicted molar refractivity (Wildman–Crippen MR) is 103 cm³/mol. The molecule has 0 aliphatic heterocycles. The zero-order chi connectivity index (χ0) is 19.1. The molecule has 2 N–H and O–H groups in total. The normalized spacial score (nSPS) is 12.0. The van der Waals surface area contributed by atoms with Crippen LogP contribution in [0.4, 0.5) is 11.5 Å². The molecule has 26 heavy (non-hydrogen) atoms. The van der Waals surface area contributed by atoms with Gasteiger partial charge in [0.25, 0.3) is 0 Å². The van der Waals surface area contributed by atoms with E-state index in [1.54, 1.807) is 36.7 Å². The molecule has 8 heteroatoms. The highest BCUT2D eigenvalue weighted by Gasteiger charge is 2.24. The van der Waals surface area contributed by atoms with Crippen molar-refractivity contribution in [3.8, 4) is 0 Å². The number of amides is 2. The first-order valence-electron chi connectivity index (χ1n) is 8.31. The van der Waals surface area contributed by atoms with E-state index < -0.39 is 6.04 Å². The molecule has 1 heterocycles. The number of carbonyl (C=O) groups excluding carboxylic acids is 2. The van der Waals surface area contributed by atoms with Crippen molar-refractivity contribution >= 4 is 35.1 Å². The molecule has 7 nitrogen and oxygen atoms in total. The van der Waals surface area contributed by atoms with Gasteiger partial charge in [-0.2, -0.15) is 0 Å². The summed E-state index contributed by atoms with van der Waals surface area (Å²) in [7, 11) is 1.75. The number of rotatable bonds is 8. The Morgan fingerprint density at radius 3 is 2.65 bits per heavy atom. The Bertz CT molecular complexity index is 762. The third-order valence-electron chi connectivity index (χ3n) is 3.87. The fourth-order valence-electron chi connectivity index (χ4n) is 2.61. The first-order chi connectivity index (χ1) is 12.4. The predicted octanol–water partition coefficient (Wildman–Crippen LogP) is 2.99. The third-order valence-corrected chi connectivity index (χ3v) is 4.67. The Balaban J connectivity index is 1.95. The number of hydrogen-bond acceptors (Lipinski definition) is 6. The molecule has 1 atom stereocenters. The number of thioether (sulfide) groups is 1. The minimum Gasteiger partial charge on any atom is -0.360 e. The lowest BCUT2D eigenvalue weighted by Gasteiger charge is -2.25. The van der Waals surface area contributed by atoms with Crippen LogP contribution in [0.2, 0.25) is 0 Å². The lowest BCUT2D eigenvalue weighted by Crippen LogP contribution is -2.44. The van der Waals surface area contributed by atoms with Crippen molar-refractivity contribution in [2.75, 3.05) is 30.5 Å². The Morgan fingerprint density at radius 2 is 2.04 bits per heavy atom. The zero-order valence-corrected chi connectivity index (χ0v) is 16.2. The van der Waals surface area contributed by atoms with E-state index in [-0.39, 0.29) is 18.4 Å². The molecule has 1 aromatic carbocycles. The molecular formula is C18H24N4O3S. The smallest absolute Gasteiger partial charge is 0.242 e. The molecule has 0 radical (unpaired) electrons. The average Bonchev–Trinajstić information content (AvgIpc) is 3.00. The molecule has 0 fully saturated rings. The fourth-order valence-corrected chi connectivity index (χ4v) is 3.16. The molecule has 2 aromatic rings. The highest BCUT2D eigenvalue weighted by molar-refractivity contribution is 7.98. The summed E-state index contributed by atoms with van der Waals surface area (Å²) in [5.41, 5.74) is 0.772. The van der Waals surface area contributed by atoms with Gasteiger partial charge in [0.2, 0.25) is 11.8 Å². The second-order valence-electron chi connectivity index (χ2n) is 5.90. The largest absolute Gasteiger partial charge is 0.360 e. The van der Waals surface area contributed by atoms with Crippen molar-refractivity contribution < 1.29 is 14.1 Å². The van der Waals surface area contributed by atoms with Gasteiger partial charge in [-0.3, -0.25) is 14.5 Å². The van der Waals surface area contributed by atoms with Crippen LogP contribution in [0, 0.1) is 6.92 Å². The van der Waals surface area contributed by atoms with Gasteiger partial charge in [0.1, 0.15) is 5.76 Å². The number of hydrogen-bond donors (Lipinski definition) is 2. The first-order valence-corrected chi connectivity index (χ1v) is 9.54. The van der Waals surface area contributed by atoms with Gasteiger partial charge < -0.3 is 15.2 Å². The highest BCUT2D eigenvalue weighted by atomic mass is 32.2. The molecular weight excluding hydrogens is 352 g/mol. The van der Waals surface area contributed by atoms with Gasteiger partial charge in [0.15, 0.2) is 5.82 Å². The number of aromatic nitrogens is 1. The number of nitrogens with zero attached hydrogens (tertiary/aromatic N) is 2. The van der Waals surface area contributed by atoms with E-state index in [1.807, 2.05) is 37.4 Å². The Hall–Kier alpha value is -2.32. The minimum atomic E-state index is -0.450. The Morgan fingerprint density at radius 1 is 1.31 bits per heavy atom. The van der Waals surface area contributed by atoms with Gasteiger partial charge in [-0.05, 0) is 38.8 Å². The van der Waals surface area contributed by atoms with Gasteiger partial charge in [-0.25, -0.2) is 0 Å². The second-order valence-corrected chi connectivity index (χ2v) is 6.75. The van der Waals surface area contributed by atoms with Crippen LogP contribution in [-0.4, -0.2) is 47.8 Å². The third kappa shape index (κ3) is 5.34. The number of aryl methyl sites for hydroxylation is 1. The van der Waals surface area contributed by atoms with Gasteiger partial charge >= 0.3 is 0 Å². The van der Waals surface area contributed by atoms with Gasteiger partial charge in [-0.1, -0.05) is 24.2 Å². The molecule has 140 valence electrons. The summed E-state index contributed by atoms with van der Waals surface area (Å²) in [5, 5.41) is 9.38. The van der Waals surface area contributed by atoms with E-state index in [2.05, 4.69) is 15.8 Å². The topological polar surface area (TPSA) is 87.5 Å². The molecule has 2 amide bonds. The van der Waals surface area contributed by atoms with Crippen LogP contribution >= 0.6 is 11.8 Å². The lowest BCUT2D eigenvalue weighted by molar-refractivity contribution is -0.123. The molecule has 1 unspecified atom stereocenters. The Kier molecular flexibility index (Phi) is 7.23. The quantitative estimate of drug-likeness (QED) is 0.689. The monoisotopic (exact) mass is 376 g/mol. The minimum absolute atomic E-state index is 0.104. The van der Waals surface area contributed by atoms with E-state index in [4.69, 9.17) is 4.52 Å². The van der Waals surface area contributed by atoms with Gasteiger partial charge in [0.05, 0.1) is 18.3 Å². The maximum Gasteiger partial charge on any atom is 0.242 e. The van der Waals surface area contributed by atoms with Crippen molar-refractivity contribution in [3.05, 3.63) is 36.1 Å². The zero-order valence-electron chi connectivity index (χ0n) is 15.4. The molecule has 2 rings (SSSR count). The molecule has 0 aliphatic carbocycles. The summed E-state index contributed by atoms with van der Waals surface area (Å²) in [5.74, 6) is 0.601. The van der Waals surface area contributed by atoms with E-state index in [0.29, 0.717) is 18.0 Å². The number of carbonyl (C=O) groups is 2. The molecule has 0 bridgehead atoms. The number of anilines is 2. The first kappa shape index (κ1) is 20.0. The molecule has 1 aromatic heterocycles. The van der Waals surface area contributed by atoms with Crippen molar-refractivity contribution in [3.63, 3.8) is 0 Å². The lowest BCUT2D eigenvalue weighted by atomic mass is 10.2. The summed E-state index contributed by atoms with van der Waals surface area (Å²) < 4.78 is 4.95. The highest BCUT2D eigenvalue weighted by Crippen LogP contribution is 2.24. The van der Waals surface area contributed by atoms with Crippen LogP contribution in [0.25, 0.3) is 0 Å². The summed E-state index contributed by atoms with van der Waals surface area (Å²) in [6.45, 7) is 3.76. The molecule has 0 saturated carbocycles. The van der Waals surface area contributed by atoms with Crippen LogP contribution in [0.15, 0.2) is 39.8 Å². The van der Waals surface area contributed by atoms with Crippen LogP contribution in [-0.2, 0) is 9.59 Å². The fraction of sp³-hybridized carbons (Fsp3) is 0.389. The van der Waals surface area contributed by atoms with E-state index >= 15 is 0 Å². The molecule has 0 spiro atoms. The number of benzene rings is 1. The van der Waals surface area contributed by atoms with Crippen LogP contribution in [0.5, 0.6) is 0 Å². The van der Waals surface area contributed by atoms with Crippen molar-refractivity contribution in [1.29, 1.82) is 0 Å². The molecule has 0 aliphatic rings. The van der Waals surface area contributed by atoms with Crippen molar-refractivity contribution in [2.45, 2.75) is 31.2 Å². The molecule has 0 saturated heterocycles. The Labute approximate surface area is 157 Å². The second kappa shape index (κ2) is 9.40. The summed E-state index contributed by atoms with van der Waals surface area (Å²) in [6, 6.07) is 8.81. The number of likely N-dealkylation sites (N-methyl/N-ethyl adjacent to an activating group) is 1. The maximum atomic E-state index is 12.5. The SMILES string of the molecule is CCC(C(=O)Nc1cc(C)on1)N(C)CC(=O)Nc1ccccc1SC. The maximum absolute atomic E-state index is 12.5. The van der Waals surface area contributed by atoms with Crippen LogP contribution in [0.1, 0.15) is 19.1 Å². The number of para-hydroxylation sites is 1. The van der Waals surface area contributed by atoms with E-state index in [1.165, 1.54) is 0 Å².